The summed E-state index contributed by atoms with van der Waals surface area (Å²) in [6, 6.07) is 10.4. The fourth-order valence-corrected chi connectivity index (χ4v) is 1.43. The van der Waals surface area contributed by atoms with E-state index in [0.29, 0.717) is 0 Å². The number of carboxylic acids is 2. The molecule has 7 nitrogen and oxygen atoms in total. The Morgan fingerprint density at radius 2 is 1.68 bits per heavy atom. The Hall–Kier alpha value is -3.30. The Bertz CT molecular complexity index is 786. The van der Waals surface area contributed by atoms with Gasteiger partial charge in [0.05, 0.1) is 0 Å². The zero-order chi connectivity index (χ0) is 19.0. The van der Waals surface area contributed by atoms with Gasteiger partial charge in [-0.3, -0.25) is 4.79 Å². The molecule has 1 aromatic carbocycles. The van der Waals surface area contributed by atoms with E-state index in [1.54, 1.807) is 0 Å². The average molecular weight is 359 g/mol. The fraction of sp³-hybridized carbons (Fsp3) is 0.133. The third-order valence-corrected chi connectivity index (χ3v) is 2.59. The SMILES string of the molecule is O=C(O)C(F)(F)F.O=C(O)c1cc(=O)c(OCc2ccccc2)c[nH]1. The van der Waals surface area contributed by atoms with Gasteiger partial charge in [0.25, 0.3) is 0 Å². The van der Waals surface area contributed by atoms with E-state index >= 15 is 0 Å². The van der Waals surface area contributed by atoms with E-state index < -0.39 is 23.5 Å². The molecule has 0 unspecified atom stereocenters. The number of hydrogen-bond acceptors (Lipinski definition) is 4. The van der Waals surface area contributed by atoms with Crippen molar-refractivity contribution < 1.29 is 37.7 Å². The average Bonchev–Trinajstić information content (AvgIpc) is 2.54. The number of halogens is 3. The van der Waals surface area contributed by atoms with Gasteiger partial charge in [0.1, 0.15) is 12.3 Å². The molecule has 25 heavy (non-hydrogen) atoms. The number of benzene rings is 1. The first-order chi connectivity index (χ1) is 11.6. The molecule has 0 aliphatic heterocycles. The van der Waals surface area contributed by atoms with E-state index in [2.05, 4.69) is 4.98 Å². The molecule has 0 fully saturated rings. The summed E-state index contributed by atoms with van der Waals surface area (Å²) in [5.41, 5.74) is 0.313. The molecular weight excluding hydrogens is 347 g/mol. The van der Waals surface area contributed by atoms with Crippen LogP contribution in [0.15, 0.2) is 47.4 Å². The normalized spacial score (nSPS) is 10.4. The summed E-state index contributed by atoms with van der Waals surface area (Å²) in [5.74, 6) is -3.84. The van der Waals surface area contributed by atoms with Crippen molar-refractivity contribution in [2.75, 3.05) is 0 Å². The van der Waals surface area contributed by atoms with Crippen LogP contribution in [0.1, 0.15) is 16.1 Å². The number of carbonyl (C=O) groups is 2. The van der Waals surface area contributed by atoms with Crippen LogP contribution in [0.4, 0.5) is 13.2 Å². The minimum atomic E-state index is -5.08. The number of H-pyrrole nitrogens is 1. The summed E-state index contributed by atoms with van der Waals surface area (Å²) in [6.45, 7) is 0.260. The summed E-state index contributed by atoms with van der Waals surface area (Å²) in [7, 11) is 0. The Balaban J connectivity index is 0.000000381. The van der Waals surface area contributed by atoms with Crippen LogP contribution in [-0.4, -0.2) is 33.3 Å². The van der Waals surface area contributed by atoms with Crippen molar-refractivity contribution in [1.82, 2.24) is 4.98 Å². The Labute approximate surface area is 138 Å². The molecule has 0 aliphatic rings. The first-order valence-corrected chi connectivity index (χ1v) is 6.54. The van der Waals surface area contributed by atoms with Gasteiger partial charge in [0.2, 0.25) is 5.43 Å². The molecule has 0 saturated carbocycles. The van der Waals surface area contributed by atoms with Gasteiger partial charge in [0.15, 0.2) is 5.75 Å². The Morgan fingerprint density at radius 3 is 2.12 bits per heavy atom. The quantitative estimate of drug-likeness (QED) is 0.771. The number of aromatic amines is 1. The predicted molar refractivity (Wildman–Crippen MR) is 78.5 cm³/mol. The molecule has 2 aromatic rings. The molecule has 1 aromatic heterocycles. The maximum absolute atomic E-state index is 11.6. The zero-order valence-electron chi connectivity index (χ0n) is 12.4. The summed E-state index contributed by atoms with van der Waals surface area (Å²) >= 11 is 0. The lowest BCUT2D eigenvalue weighted by molar-refractivity contribution is -0.192. The third-order valence-electron chi connectivity index (χ3n) is 2.59. The summed E-state index contributed by atoms with van der Waals surface area (Å²) in [6.07, 6.45) is -3.82. The second-order valence-electron chi connectivity index (χ2n) is 4.46. The molecule has 0 saturated heterocycles. The van der Waals surface area contributed by atoms with Crippen molar-refractivity contribution >= 4 is 11.9 Å². The lowest BCUT2D eigenvalue weighted by atomic mass is 10.2. The van der Waals surface area contributed by atoms with E-state index in [1.807, 2.05) is 30.3 Å². The number of pyridine rings is 1. The summed E-state index contributed by atoms with van der Waals surface area (Å²) < 4.78 is 37.1. The van der Waals surface area contributed by atoms with E-state index in [9.17, 15) is 22.8 Å². The van der Waals surface area contributed by atoms with Gasteiger partial charge < -0.3 is 19.9 Å². The molecule has 1 heterocycles. The van der Waals surface area contributed by atoms with Crippen LogP contribution in [0.25, 0.3) is 0 Å². The lowest BCUT2D eigenvalue weighted by Crippen LogP contribution is -2.21. The minimum absolute atomic E-state index is 0.101. The monoisotopic (exact) mass is 359 g/mol. The highest BCUT2D eigenvalue weighted by atomic mass is 19.4. The number of hydrogen-bond donors (Lipinski definition) is 3. The first kappa shape index (κ1) is 19.7. The molecule has 3 N–H and O–H groups in total. The number of aliphatic carboxylic acids is 1. The van der Waals surface area contributed by atoms with Crippen LogP contribution in [0.3, 0.4) is 0 Å². The Morgan fingerprint density at radius 1 is 1.12 bits per heavy atom. The second-order valence-corrected chi connectivity index (χ2v) is 4.46. The number of rotatable bonds is 4. The highest BCUT2D eigenvalue weighted by Gasteiger charge is 2.38. The van der Waals surface area contributed by atoms with Gasteiger partial charge >= 0.3 is 18.1 Å². The van der Waals surface area contributed by atoms with Crippen LogP contribution >= 0.6 is 0 Å². The summed E-state index contributed by atoms with van der Waals surface area (Å²) in [4.78, 5) is 33.6. The van der Waals surface area contributed by atoms with Crippen molar-refractivity contribution in [1.29, 1.82) is 0 Å². The van der Waals surface area contributed by atoms with Crippen molar-refractivity contribution in [2.24, 2.45) is 0 Å². The largest absolute Gasteiger partial charge is 0.490 e. The van der Waals surface area contributed by atoms with Gasteiger partial charge in [-0.15, -0.1) is 0 Å². The van der Waals surface area contributed by atoms with Gasteiger partial charge in [-0.05, 0) is 5.56 Å². The van der Waals surface area contributed by atoms with E-state index in [1.165, 1.54) is 6.20 Å². The molecule has 0 amide bonds. The number of aromatic nitrogens is 1. The lowest BCUT2D eigenvalue weighted by Gasteiger charge is -2.05. The molecule has 10 heteroatoms. The van der Waals surface area contributed by atoms with E-state index in [4.69, 9.17) is 19.7 Å². The smallest absolute Gasteiger partial charge is 0.483 e. The van der Waals surface area contributed by atoms with Crippen LogP contribution < -0.4 is 10.2 Å². The number of carboxylic acid groups (broad SMARTS) is 2. The van der Waals surface area contributed by atoms with Crippen LogP contribution in [0, 0.1) is 0 Å². The summed E-state index contributed by atoms with van der Waals surface area (Å²) in [5, 5.41) is 15.8. The minimum Gasteiger partial charge on any atom is -0.483 e. The molecule has 2 rings (SSSR count). The van der Waals surface area contributed by atoms with Gasteiger partial charge in [0, 0.05) is 12.3 Å². The molecule has 0 aliphatic carbocycles. The maximum Gasteiger partial charge on any atom is 0.490 e. The molecule has 0 atom stereocenters. The van der Waals surface area contributed by atoms with Gasteiger partial charge in [-0.1, -0.05) is 30.3 Å². The molecule has 0 radical (unpaired) electrons. The molecule has 134 valence electrons. The van der Waals surface area contributed by atoms with Crippen molar-refractivity contribution in [3.8, 4) is 5.75 Å². The number of nitrogens with one attached hydrogen (secondary N) is 1. The van der Waals surface area contributed by atoms with Crippen LogP contribution in [0.5, 0.6) is 5.75 Å². The number of ether oxygens (including phenoxy) is 1. The van der Waals surface area contributed by atoms with Crippen LogP contribution in [0.2, 0.25) is 0 Å². The van der Waals surface area contributed by atoms with Crippen molar-refractivity contribution in [2.45, 2.75) is 12.8 Å². The van der Waals surface area contributed by atoms with Crippen LogP contribution in [-0.2, 0) is 11.4 Å². The number of alkyl halides is 3. The fourth-order valence-electron chi connectivity index (χ4n) is 1.43. The zero-order valence-corrected chi connectivity index (χ0v) is 12.4. The highest BCUT2D eigenvalue weighted by Crippen LogP contribution is 2.13. The molecular formula is C15H12F3NO6. The first-order valence-electron chi connectivity index (χ1n) is 6.54. The van der Waals surface area contributed by atoms with Gasteiger partial charge in [-0.2, -0.15) is 13.2 Å². The van der Waals surface area contributed by atoms with E-state index in [-0.39, 0.29) is 18.1 Å². The Kier molecular flexibility index (Phi) is 6.73. The van der Waals surface area contributed by atoms with E-state index in [0.717, 1.165) is 11.6 Å². The van der Waals surface area contributed by atoms with Crippen molar-refractivity contribution in [3.05, 3.63) is 64.1 Å². The van der Waals surface area contributed by atoms with Gasteiger partial charge in [-0.25, -0.2) is 9.59 Å². The predicted octanol–water partition coefficient (Wildman–Crippen LogP) is 2.29. The number of aromatic carboxylic acids is 1. The third kappa shape index (κ3) is 6.77. The maximum atomic E-state index is 11.6. The molecule has 0 bridgehead atoms. The standard InChI is InChI=1S/C13H11NO4.C2HF3O2/c15-11-6-10(13(16)17)14-7-12(11)18-8-9-4-2-1-3-5-9;3-2(4,5)1(6)7/h1-7H,8H2,(H,14,15)(H,16,17);(H,6,7). The molecule has 0 spiro atoms. The topological polar surface area (TPSA) is 117 Å². The van der Waals surface area contributed by atoms with Crippen molar-refractivity contribution in [3.63, 3.8) is 0 Å². The second kappa shape index (κ2) is 8.52. The highest BCUT2D eigenvalue weighted by molar-refractivity contribution is 5.85.